The average Bonchev–Trinajstić information content (AvgIpc) is 1.47. The lowest BCUT2D eigenvalue weighted by Crippen LogP contribution is -2.62. The third-order valence-electron chi connectivity index (χ3n) is 17.5. The Morgan fingerprint density at radius 3 is 1.19 bits per heavy atom. The van der Waals surface area contributed by atoms with Crippen LogP contribution < -0.4 is 97.4 Å². The van der Waals surface area contributed by atoms with E-state index in [9.17, 15) is 106 Å². The molecular formula is C67H107N23O22S4. The molecule has 1 aliphatic rings. The molecule has 0 spiro atoms. The van der Waals surface area contributed by atoms with Crippen LogP contribution in [-0.2, 0) is 104 Å². The Labute approximate surface area is 687 Å². The number of aliphatic hydroxyl groups excluding tert-OH is 2. The first-order chi connectivity index (χ1) is 54.6. The minimum absolute atomic E-state index is 0.0168. The van der Waals surface area contributed by atoms with Crippen LogP contribution in [-0.4, -0.2) is 292 Å². The maximum Gasteiger partial charge on any atom is 0.303 e. The van der Waals surface area contributed by atoms with Crippen LogP contribution in [0.5, 0.6) is 0 Å². The van der Waals surface area contributed by atoms with Crippen LogP contribution in [0.25, 0.3) is 0 Å². The minimum atomic E-state index is -1.97. The van der Waals surface area contributed by atoms with Gasteiger partial charge in [-0.15, -0.1) is 0 Å². The molecule has 1 fully saturated rings. The molecule has 27 N–H and O–H groups in total. The van der Waals surface area contributed by atoms with Crippen LogP contribution in [0.4, 0.5) is 0 Å². The highest BCUT2D eigenvalue weighted by Gasteiger charge is 2.43. The number of nitrogens with zero attached hydrogens (tertiary/aromatic N) is 3. The first-order valence-electron chi connectivity index (χ1n) is 36.6. The number of aromatic amines is 2. The smallest absolute Gasteiger partial charge is 0.303 e. The first-order valence-corrected chi connectivity index (χ1v) is 39.1. The normalized spacial score (nSPS) is 16.1. The molecule has 1 saturated heterocycles. The lowest BCUT2D eigenvalue weighted by molar-refractivity contribution is -0.143. The molecular weight excluding hydrogens is 1610 g/mol. The van der Waals surface area contributed by atoms with Crippen LogP contribution in [0.3, 0.4) is 0 Å². The zero-order valence-electron chi connectivity index (χ0n) is 64.5. The van der Waals surface area contributed by atoms with E-state index in [1.165, 1.54) is 38.9 Å². The fourth-order valence-electron chi connectivity index (χ4n) is 11.4. The number of nitrogens with two attached hydrogens (primary N) is 4. The van der Waals surface area contributed by atoms with E-state index in [1.807, 2.05) is 0 Å². The van der Waals surface area contributed by atoms with Crippen molar-refractivity contribution >= 4 is 163 Å². The van der Waals surface area contributed by atoms with E-state index in [-0.39, 0.29) is 73.2 Å². The summed E-state index contributed by atoms with van der Waals surface area (Å²) >= 11 is 16.4. The van der Waals surface area contributed by atoms with Gasteiger partial charge in [0.15, 0.2) is 0 Å². The largest absolute Gasteiger partial charge is 0.481 e. The maximum atomic E-state index is 14.6. The summed E-state index contributed by atoms with van der Waals surface area (Å²) in [7, 11) is 0. The molecule has 0 radical (unpaired) electrons. The predicted octanol–water partition coefficient (Wildman–Crippen LogP) is -10.8. The Balaban J connectivity index is 1.87. The number of carboxylic acid groups (broad SMARTS) is 1. The molecule has 3 rings (SSSR count). The van der Waals surface area contributed by atoms with E-state index >= 15 is 0 Å². The fourth-order valence-corrected chi connectivity index (χ4v) is 12.4. The summed E-state index contributed by atoms with van der Waals surface area (Å²) in [6, 6.07) is -24.0. The molecule has 18 amide bonds. The molecule has 15 atom stereocenters. The van der Waals surface area contributed by atoms with Gasteiger partial charge in [-0.2, -0.15) is 50.5 Å². The van der Waals surface area contributed by atoms with Gasteiger partial charge < -0.3 is 128 Å². The molecule has 0 aromatic carbocycles. The molecule has 2 aromatic heterocycles. The van der Waals surface area contributed by atoms with Gasteiger partial charge in [0.1, 0.15) is 90.6 Å². The Hall–Kier alpha value is -10.4. The minimum Gasteiger partial charge on any atom is -0.481 e. The Kier molecular flexibility index (Phi) is 43.2. The average molecular weight is 1720 g/mol. The number of aliphatic carboxylic acids is 1. The fraction of sp³-hybridized carbons (Fsp3) is 0.627. The number of hydrogen-bond donors (Lipinski definition) is 27. The number of aromatic nitrogens is 4. The number of primary amides is 3. The first kappa shape index (κ1) is 99.8. The van der Waals surface area contributed by atoms with Gasteiger partial charge in [-0.1, -0.05) is 41.5 Å². The Morgan fingerprint density at radius 2 is 0.802 bits per heavy atom. The van der Waals surface area contributed by atoms with E-state index in [2.05, 4.69) is 145 Å². The SMILES string of the molecule is CC(C)C[C@H](NC(=O)[C@H](CC(N)=O)NC(=O)[C@H](CO)NC(=O)[C@H](Cc1cnc[nH]1)NC(=O)[C@H](CCC(=O)O)NC(=O)[C@H](CC(C)C)NC(=O)[C@H](Cc1cnc[nH]1)NC(=O)[C@H](CS)NC(=O)[C@@H](NC(=O)[C@@H]1CCCN1C(=O)[C@H](CC(N)=O)NC(=O)[C@H](CO)NC(=O)[C@H](CS)NC(=O)[C@H](CS)NC(=O)CN)C(C)C)C(=O)N[C@@H](CS)C(N)=O. The van der Waals surface area contributed by atoms with Crippen molar-refractivity contribution in [3.8, 4) is 0 Å². The highest BCUT2D eigenvalue weighted by atomic mass is 32.1. The van der Waals surface area contributed by atoms with Crippen LogP contribution in [0, 0.1) is 17.8 Å². The molecule has 646 valence electrons. The van der Waals surface area contributed by atoms with Crippen molar-refractivity contribution in [1.82, 2.24) is 99.3 Å². The Bertz CT molecular complexity index is 3750. The molecule has 49 heteroatoms. The third-order valence-corrected chi connectivity index (χ3v) is 18.9. The zero-order valence-corrected chi connectivity index (χ0v) is 68.0. The topological polar surface area (TPSA) is 718 Å². The quantitative estimate of drug-likeness (QED) is 0.0274. The Morgan fingerprint density at radius 1 is 0.457 bits per heavy atom. The summed E-state index contributed by atoms with van der Waals surface area (Å²) in [5, 5.41) is 63.9. The number of nitrogens with one attached hydrogen (secondary N) is 16. The van der Waals surface area contributed by atoms with Gasteiger partial charge in [0.2, 0.25) is 106 Å². The van der Waals surface area contributed by atoms with E-state index in [1.54, 1.807) is 27.7 Å². The molecule has 0 bridgehead atoms. The van der Waals surface area contributed by atoms with E-state index in [0.717, 1.165) is 4.90 Å². The van der Waals surface area contributed by atoms with Crippen molar-refractivity contribution in [1.29, 1.82) is 0 Å². The van der Waals surface area contributed by atoms with Gasteiger partial charge in [-0.25, -0.2) is 9.97 Å². The second kappa shape index (κ2) is 50.2. The molecule has 116 heavy (non-hydrogen) atoms. The second-order valence-corrected chi connectivity index (χ2v) is 29.5. The third kappa shape index (κ3) is 33.5. The van der Waals surface area contributed by atoms with Gasteiger partial charge in [-0.05, 0) is 49.9 Å². The van der Waals surface area contributed by atoms with Crippen molar-refractivity contribution in [2.45, 2.75) is 196 Å². The molecule has 2 aromatic rings. The number of thiol groups is 4. The van der Waals surface area contributed by atoms with Gasteiger partial charge in [0.05, 0.1) is 45.3 Å². The lowest BCUT2D eigenvalue weighted by atomic mass is 10.0. The number of H-pyrrole nitrogens is 2. The van der Waals surface area contributed by atoms with Crippen molar-refractivity contribution in [2.24, 2.45) is 40.7 Å². The van der Waals surface area contributed by atoms with E-state index in [0.29, 0.717) is 0 Å². The van der Waals surface area contributed by atoms with Crippen molar-refractivity contribution in [2.75, 3.05) is 49.3 Å². The number of likely N-dealkylation sites (tertiary alicyclic amines) is 1. The lowest BCUT2D eigenvalue weighted by Gasteiger charge is -2.31. The zero-order chi connectivity index (χ0) is 87.4. The van der Waals surface area contributed by atoms with Gasteiger partial charge in [0, 0.05) is 72.6 Å². The number of imidazole rings is 2. The molecule has 0 aliphatic carbocycles. The van der Waals surface area contributed by atoms with Crippen molar-refractivity contribution in [3.63, 3.8) is 0 Å². The highest BCUT2D eigenvalue weighted by molar-refractivity contribution is 7.80. The van der Waals surface area contributed by atoms with Crippen LogP contribution >= 0.6 is 50.5 Å². The van der Waals surface area contributed by atoms with Gasteiger partial charge >= 0.3 is 5.97 Å². The molecule has 3 heterocycles. The van der Waals surface area contributed by atoms with Crippen molar-refractivity contribution < 1.29 is 106 Å². The van der Waals surface area contributed by atoms with Crippen LogP contribution in [0.15, 0.2) is 25.0 Å². The summed E-state index contributed by atoms with van der Waals surface area (Å²) in [6.45, 7) is 6.89. The summed E-state index contributed by atoms with van der Waals surface area (Å²) < 4.78 is 0. The number of amides is 18. The van der Waals surface area contributed by atoms with Crippen molar-refractivity contribution in [3.05, 3.63) is 36.4 Å². The van der Waals surface area contributed by atoms with E-state index < -0.39 is 272 Å². The maximum absolute atomic E-state index is 14.6. The highest BCUT2D eigenvalue weighted by Crippen LogP contribution is 2.21. The summed E-state index contributed by atoms with van der Waals surface area (Å²) in [5.74, 6) is -22.9. The standard InChI is InChI=1S/C67H107N23O22S4/c1-29(2)12-35(55(100)77-34(9-10-51(96)97)54(99)80-38(15-33-20-73-28-75-33)58(103)84-41(21-91)60(105)82-39(16-48(69)93)59(104)79-36(13-30(3)4)56(101)86-43(23-113)53(71)98)78-57(102)37(14-32-19-72-27-74-32)81-63(108)46(26-116)88-66(111)52(31(5)6)89-65(110)47-8-7-11-90(47)67(112)40(17-49(70)94)83-61(106)42(22-92)85-64(109)45(25-115)87-62(107)44(24-114)76-50(95)18-68/h19-20,27-31,34-47,52,91-92,113-116H,7-18,21-26,68H2,1-6H3,(H2,69,93)(H2,70,94)(H2,71,98)(H,72,74)(H,73,75)(H,76,95)(H,77,100)(H,78,102)(H,79,104)(H,80,99)(H,81,108)(H,82,105)(H,83,106)(H,84,103)(H,85,109)(H,86,101)(H,87,107)(H,88,111)(H,89,110)(H,96,97)/t34-,35-,36-,37-,38-,39-,40-,41-,42-,43-,44-,45-,46-,47-,52-/m0/s1. The number of aliphatic hydroxyl groups is 2. The number of carbonyl (C=O) groups is 19. The number of rotatable bonds is 52. The van der Waals surface area contributed by atoms with Crippen LogP contribution in [0.1, 0.15) is 104 Å². The molecule has 0 unspecified atom stereocenters. The molecule has 1 aliphatic heterocycles. The van der Waals surface area contributed by atoms with Gasteiger partial charge in [0.25, 0.3) is 0 Å². The monoisotopic (exact) mass is 1710 g/mol. The predicted molar refractivity (Wildman–Crippen MR) is 422 cm³/mol. The molecule has 0 saturated carbocycles. The molecule has 45 nitrogen and oxygen atoms in total. The number of carboxylic acids is 1. The van der Waals surface area contributed by atoms with E-state index in [4.69, 9.17) is 22.9 Å². The van der Waals surface area contributed by atoms with Crippen LogP contribution in [0.2, 0.25) is 0 Å². The summed E-state index contributed by atoms with van der Waals surface area (Å²) in [4.78, 5) is 271. The second-order valence-electron chi connectivity index (χ2n) is 28.1. The van der Waals surface area contributed by atoms with Gasteiger partial charge in [-0.3, -0.25) is 91.1 Å². The summed E-state index contributed by atoms with van der Waals surface area (Å²) in [6.07, 6.45) is 0.980. The number of hydrogen-bond acceptors (Lipinski definition) is 28. The summed E-state index contributed by atoms with van der Waals surface area (Å²) in [5.41, 5.74) is 22.0. The number of carbonyl (C=O) groups excluding carboxylic acids is 18.